The second-order valence-electron chi connectivity index (χ2n) is 6.27. The first-order valence-electron chi connectivity index (χ1n) is 8.47. The summed E-state index contributed by atoms with van der Waals surface area (Å²) in [6.45, 7) is 2.28. The lowest BCUT2D eigenvalue weighted by Crippen LogP contribution is -2.33. The number of aromatic nitrogens is 2. The van der Waals surface area contributed by atoms with E-state index in [1.165, 1.54) is 13.5 Å². The van der Waals surface area contributed by atoms with Gasteiger partial charge in [-0.15, -0.1) is 0 Å². The summed E-state index contributed by atoms with van der Waals surface area (Å²) in [5.74, 6) is 0.700. The number of nitrogens with zero attached hydrogens (tertiary/aromatic N) is 3. The zero-order chi connectivity index (χ0) is 17.6. The van der Waals surface area contributed by atoms with Gasteiger partial charge in [-0.25, -0.2) is 4.79 Å². The van der Waals surface area contributed by atoms with Crippen molar-refractivity contribution in [3.63, 3.8) is 0 Å². The fourth-order valence-electron chi connectivity index (χ4n) is 2.90. The standard InChI is InChI=1S/C18H23N3O4/c1-21(11-15-5-3-4-10-24-15)12-16-19-17(20-25-16)13-6-8-14(9-7-13)18(22)23-2/h6-9,15H,3-5,10-12H2,1-2H3/t15-/m1/s1. The third-order valence-electron chi connectivity index (χ3n) is 4.23. The third kappa shape index (κ3) is 4.64. The molecule has 1 fully saturated rings. The van der Waals surface area contributed by atoms with Gasteiger partial charge in [-0.05, 0) is 38.4 Å². The summed E-state index contributed by atoms with van der Waals surface area (Å²) < 4.78 is 15.8. The molecule has 1 atom stereocenters. The highest BCUT2D eigenvalue weighted by molar-refractivity contribution is 5.89. The summed E-state index contributed by atoms with van der Waals surface area (Å²) >= 11 is 0. The molecule has 0 saturated carbocycles. The highest BCUT2D eigenvalue weighted by Gasteiger charge is 2.18. The maximum atomic E-state index is 11.5. The second kappa shape index (κ2) is 8.22. The molecule has 1 saturated heterocycles. The predicted octanol–water partition coefficient (Wildman–Crippen LogP) is 2.52. The van der Waals surface area contributed by atoms with Crippen LogP contribution in [0, 0.1) is 0 Å². The van der Waals surface area contributed by atoms with Crippen LogP contribution in [0.15, 0.2) is 28.8 Å². The summed E-state index contributed by atoms with van der Waals surface area (Å²) in [4.78, 5) is 18.0. The molecule has 0 bridgehead atoms. The summed E-state index contributed by atoms with van der Waals surface area (Å²) in [6.07, 6.45) is 3.77. The fourth-order valence-corrected chi connectivity index (χ4v) is 2.90. The highest BCUT2D eigenvalue weighted by atomic mass is 16.5. The van der Waals surface area contributed by atoms with Crippen LogP contribution < -0.4 is 0 Å². The lowest BCUT2D eigenvalue weighted by atomic mass is 10.1. The van der Waals surface area contributed by atoms with Crippen LogP contribution in [0.3, 0.4) is 0 Å². The molecule has 1 aromatic carbocycles. The van der Waals surface area contributed by atoms with Crippen molar-refractivity contribution >= 4 is 5.97 Å². The molecule has 7 nitrogen and oxygen atoms in total. The number of methoxy groups -OCH3 is 1. The highest BCUT2D eigenvalue weighted by Crippen LogP contribution is 2.18. The van der Waals surface area contributed by atoms with Gasteiger partial charge in [-0.2, -0.15) is 4.98 Å². The lowest BCUT2D eigenvalue weighted by Gasteiger charge is -2.26. The molecule has 25 heavy (non-hydrogen) atoms. The predicted molar refractivity (Wildman–Crippen MR) is 91.0 cm³/mol. The van der Waals surface area contributed by atoms with Crippen molar-refractivity contribution in [2.75, 3.05) is 27.3 Å². The van der Waals surface area contributed by atoms with Crippen LogP contribution in [0.5, 0.6) is 0 Å². The number of hydrogen-bond donors (Lipinski definition) is 0. The minimum absolute atomic E-state index is 0.284. The van der Waals surface area contributed by atoms with Gasteiger partial charge in [0.15, 0.2) is 0 Å². The van der Waals surface area contributed by atoms with E-state index in [1.807, 2.05) is 7.05 Å². The van der Waals surface area contributed by atoms with Gasteiger partial charge in [0.25, 0.3) is 0 Å². The average molecular weight is 345 g/mol. The van der Waals surface area contributed by atoms with E-state index >= 15 is 0 Å². The van der Waals surface area contributed by atoms with Gasteiger partial charge in [0, 0.05) is 18.7 Å². The number of benzene rings is 1. The molecular weight excluding hydrogens is 322 g/mol. The third-order valence-corrected chi connectivity index (χ3v) is 4.23. The smallest absolute Gasteiger partial charge is 0.337 e. The molecule has 0 unspecified atom stereocenters. The van der Waals surface area contributed by atoms with Gasteiger partial charge >= 0.3 is 5.97 Å². The molecule has 2 aromatic rings. The largest absolute Gasteiger partial charge is 0.465 e. The lowest BCUT2D eigenvalue weighted by molar-refractivity contribution is -0.00382. The van der Waals surface area contributed by atoms with Gasteiger partial charge in [-0.3, -0.25) is 4.90 Å². The molecule has 1 aliphatic rings. The Morgan fingerprint density at radius 2 is 2.12 bits per heavy atom. The summed E-state index contributed by atoms with van der Waals surface area (Å²) in [7, 11) is 3.38. The van der Waals surface area contributed by atoms with Crippen LogP contribution >= 0.6 is 0 Å². The van der Waals surface area contributed by atoms with E-state index in [-0.39, 0.29) is 12.1 Å². The molecule has 7 heteroatoms. The van der Waals surface area contributed by atoms with Crippen LogP contribution in [0.25, 0.3) is 11.4 Å². The van der Waals surface area contributed by atoms with Gasteiger partial charge < -0.3 is 14.0 Å². The van der Waals surface area contributed by atoms with E-state index in [1.54, 1.807) is 24.3 Å². The van der Waals surface area contributed by atoms with Crippen molar-refractivity contribution in [3.05, 3.63) is 35.7 Å². The van der Waals surface area contributed by atoms with Gasteiger partial charge in [0.05, 0.1) is 25.3 Å². The van der Waals surface area contributed by atoms with E-state index in [0.717, 1.165) is 31.6 Å². The molecule has 3 rings (SSSR count). The van der Waals surface area contributed by atoms with E-state index < -0.39 is 0 Å². The van der Waals surface area contributed by atoms with Crippen molar-refractivity contribution in [1.82, 2.24) is 15.0 Å². The minimum Gasteiger partial charge on any atom is -0.465 e. The molecule has 1 aromatic heterocycles. The molecule has 0 radical (unpaired) electrons. The summed E-state index contributed by atoms with van der Waals surface area (Å²) in [6, 6.07) is 6.93. The van der Waals surface area contributed by atoms with Crippen molar-refractivity contribution < 1.29 is 18.8 Å². The monoisotopic (exact) mass is 345 g/mol. The van der Waals surface area contributed by atoms with Crippen LogP contribution in [0.2, 0.25) is 0 Å². The number of hydrogen-bond acceptors (Lipinski definition) is 7. The average Bonchev–Trinajstić information content (AvgIpc) is 3.10. The molecule has 0 N–H and O–H groups in total. The Hall–Kier alpha value is -2.25. The molecule has 0 amide bonds. The Morgan fingerprint density at radius 3 is 2.80 bits per heavy atom. The van der Waals surface area contributed by atoms with Crippen molar-refractivity contribution in [2.24, 2.45) is 0 Å². The number of likely N-dealkylation sites (N-methyl/N-ethyl adjacent to an activating group) is 1. The molecule has 2 heterocycles. The number of ether oxygens (including phenoxy) is 2. The Bertz CT molecular complexity index is 693. The van der Waals surface area contributed by atoms with Gasteiger partial charge in [0.1, 0.15) is 0 Å². The van der Waals surface area contributed by atoms with Crippen LogP contribution in [-0.4, -0.2) is 54.4 Å². The first-order valence-corrected chi connectivity index (χ1v) is 8.47. The zero-order valence-corrected chi connectivity index (χ0v) is 14.6. The SMILES string of the molecule is COC(=O)c1ccc(-c2noc(CN(C)C[C@H]3CCCCO3)n2)cc1. The Kier molecular flexibility index (Phi) is 5.78. The first kappa shape index (κ1) is 17.6. The van der Waals surface area contributed by atoms with Gasteiger partial charge in [-0.1, -0.05) is 17.3 Å². The first-order chi connectivity index (χ1) is 12.2. The van der Waals surface area contributed by atoms with E-state index in [4.69, 9.17) is 9.26 Å². The Morgan fingerprint density at radius 1 is 1.32 bits per heavy atom. The van der Waals surface area contributed by atoms with Crippen LogP contribution in [0.1, 0.15) is 35.5 Å². The minimum atomic E-state index is -0.369. The Balaban J connectivity index is 1.58. The molecule has 0 spiro atoms. The zero-order valence-electron chi connectivity index (χ0n) is 14.6. The van der Waals surface area contributed by atoms with Crippen molar-refractivity contribution in [1.29, 1.82) is 0 Å². The normalized spacial score (nSPS) is 17.6. The number of carbonyl (C=O) groups is 1. The molecule has 134 valence electrons. The second-order valence-corrected chi connectivity index (χ2v) is 6.27. The van der Waals surface area contributed by atoms with E-state index in [0.29, 0.717) is 23.8 Å². The van der Waals surface area contributed by atoms with Crippen LogP contribution in [-0.2, 0) is 16.0 Å². The van der Waals surface area contributed by atoms with Crippen molar-refractivity contribution in [3.8, 4) is 11.4 Å². The number of rotatable bonds is 6. The van der Waals surface area contributed by atoms with Gasteiger partial charge in [0.2, 0.25) is 11.7 Å². The van der Waals surface area contributed by atoms with E-state index in [9.17, 15) is 4.79 Å². The number of carbonyl (C=O) groups excluding carboxylic acids is 1. The maximum absolute atomic E-state index is 11.5. The van der Waals surface area contributed by atoms with Crippen LogP contribution in [0.4, 0.5) is 0 Å². The topological polar surface area (TPSA) is 77.7 Å². The number of esters is 1. The molecular formula is C18H23N3O4. The Labute approximate surface area is 146 Å². The van der Waals surface area contributed by atoms with Crippen molar-refractivity contribution in [2.45, 2.75) is 31.9 Å². The quantitative estimate of drug-likeness (QED) is 0.744. The maximum Gasteiger partial charge on any atom is 0.337 e. The fraction of sp³-hybridized carbons (Fsp3) is 0.500. The molecule has 1 aliphatic heterocycles. The van der Waals surface area contributed by atoms with E-state index in [2.05, 4.69) is 19.8 Å². The summed E-state index contributed by atoms with van der Waals surface area (Å²) in [5, 5.41) is 4.02. The summed E-state index contributed by atoms with van der Waals surface area (Å²) in [5.41, 5.74) is 1.28. The molecule has 0 aliphatic carbocycles.